The quantitative estimate of drug-likeness (QED) is 0.410. The molecule has 2 heterocycles. The molecular weight excluding hydrogens is 396 g/mol. The summed E-state index contributed by atoms with van der Waals surface area (Å²) in [6.07, 6.45) is 0. The molecule has 144 valence electrons. The summed E-state index contributed by atoms with van der Waals surface area (Å²) in [5.74, 6) is 0.906. The Morgan fingerprint density at radius 2 is 1.69 bits per heavy atom. The molecule has 0 radical (unpaired) electrons. The summed E-state index contributed by atoms with van der Waals surface area (Å²) in [4.78, 5) is 18.3. The molecule has 1 aliphatic heterocycles. The summed E-state index contributed by atoms with van der Waals surface area (Å²) in [6.45, 7) is 2.11. The summed E-state index contributed by atoms with van der Waals surface area (Å²) >= 11 is 3.58. The Morgan fingerprint density at radius 1 is 0.966 bits per heavy atom. The maximum atomic E-state index is 12.6. The lowest BCUT2D eigenvalue weighted by molar-refractivity contribution is 0.524. The molecule has 3 nitrogen and oxygen atoms in total. The molecule has 5 heteroatoms. The predicted molar refractivity (Wildman–Crippen MR) is 122 cm³/mol. The van der Waals surface area contributed by atoms with E-state index in [1.807, 2.05) is 42.1 Å². The van der Waals surface area contributed by atoms with E-state index in [0.717, 1.165) is 16.4 Å². The number of aromatic nitrogens is 2. The van der Waals surface area contributed by atoms with Gasteiger partial charge in [0.1, 0.15) is 0 Å². The molecule has 0 amide bonds. The molecule has 0 bridgehead atoms. The van der Waals surface area contributed by atoms with Gasteiger partial charge in [-0.2, -0.15) is 4.98 Å². The summed E-state index contributed by atoms with van der Waals surface area (Å²) in [5, 5.41) is 1.81. The molecule has 0 aliphatic carbocycles. The van der Waals surface area contributed by atoms with Gasteiger partial charge in [-0.3, -0.25) is 4.79 Å². The second kappa shape index (κ2) is 7.73. The Morgan fingerprint density at radius 3 is 2.48 bits per heavy atom. The summed E-state index contributed by atoms with van der Waals surface area (Å²) in [5.41, 5.74) is 3.33. The number of benzene rings is 3. The third kappa shape index (κ3) is 3.49. The molecule has 0 saturated heterocycles. The Labute approximate surface area is 178 Å². The molecular formula is C24H20N2OS2. The topological polar surface area (TPSA) is 34.9 Å². The molecule has 4 aromatic rings. The molecule has 3 aromatic carbocycles. The number of fused-ring (bicyclic) bond motifs is 3. The van der Waals surface area contributed by atoms with E-state index in [0.29, 0.717) is 10.6 Å². The van der Waals surface area contributed by atoms with Crippen molar-refractivity contribution in [3.05, 3.63) is 100 Å². The fourth-order valence-corrected chi connectivity index (χ4v) is 6.38. The maximum Gasteiger partial charge on any atom is 0.281 e. The minimum atomic E-state index is -0.143. The number of nitrogens with zero attached hydrogens (tertiary/aromatic N) is 2. The van der Waals surface area contributed by atoms with E-state index in [-0.39, 0.29) is 11.6 Å². The molecule has 2 atom stereocenters. The number of rotatable bonds is 3. The van der Waals surface area contributed by atoms with Crippen LogP contribution in [0.4, 0.5) is 0 Å². The second-order valence-corrected chi connectivity index (χ2v) is 9.52. The van der Waals surface area contributed by atoms with Crippen LogP contribution >= 0.6 is 23.5 Å². The van der Waals surface area contributed by atoms with Crippen LogP contribution in [0.1, 0.15) is 17.2 Å². The molecule has 0 N–H and O–H groups in total. The van der Waals surface area contributed by atoms with Gasteiger partial charge in [0.05, 0.1) is 16.9 Å². The molecule has 5 rings (SSSR count). The molecule has 2 unspecified atom stereocenters. The third-order valence-corrected chi connectivity index (χ3v) is 7.81. The highest BCUT2D eigenvalue weighted by Crippen LogP contribution is 2.44. The highest BCUT2D eigenvalue weighted by molar-refractivity contribution is 8.03. The average molecular weight is 417 g/mol. The molecule has 1 aliphatic rings. The lowest BCUT2D eigenvalue weighted by atomic mass is 10.0. The Hall–Kier alpha value is -2.50. The van der Waals surface area contributed by atoms with Crippen molar-refractivity contribution in [1.82, 2.24) is 9.55 Å². The van der Waals surface area contributed by atoms with Crippen LogP contribution in [0.2, 0.25) is 0 Å². The van der Waals surface area contributed by atoms with Crippen LogP contribution in [0.15, 0.2) is 93.7 Å². The van der Waals surface area contributed by atoms with Crippen LogP contribution in [0, 0.1) is 6.92 Å². The van der Waals surface area contributed by atoms with Gasteiger partial charge in [-0.05, 0) is 36.8 Å². The first kappa shape index (κ1) is 18.5. The van der Waals surface area contributed by atoms with Crippen LogP contribution in [-0.2, 0) is 0 Å². The van der Waals surface area contributed by atoms with Gasteiger partial charge in [0.2, 0.25) is 0 Å². The number of hydrogen-bond acceptors (Lipinski definition) is 4. The summed E-state index contributed by atoms with van der Waals surface area (Å²) in [6, 6.07) is 27.2. The van der Waals surface area contributed by atoms with Crippen molar-refractivity contribution >= 4 is 34.4 Å². The number of thioether (sulfide) groups is 2. The van der Waals surface area contributed by atoms with Crippen molar-refractivity contribution in [2.75, 3.05) is 5.75 Å². The van der Waals surface area contributed by atoms with Gasteiger partial charge >= 0.3 is 0 Å². The van der Waals surface area contributed by atoms with E-state index < -0.39 is 0 Å². The van der Waals surface area contributed by atoms with Crippen molar-refractivity contribution < 1.29 is 0 Å². The van der Waals surface area contributed by atoms with E-state index in [9.17, 15) is 4.79 Å². The zero-order chi connectivity index (χ0) is 19.8. The van der Waals surface area contributed by atoms with Crippen LogP contribution in [-0.4, -0.2) is 20.6 Å². The highest BCUT2D eigenvalue weighted by atomic mass is 32.2. The van der Waals surface area contributed by atoms with Gasteiger partial charge in [0, 0.05) is 15.9 Å². The van der Waals surface area contributed by atoms with E-state index in [2.05, 4.69) is 65.0 Å². The predicted octanol–water partition coefficient (Wildman–Crippen LogP) is 5.56. The third-order valence-electron chi connectivity index (χ3n) is 5.25. The zero-order valence-electron chi connectivity index (χ0n) is 16.0. The normalized spacial score (nSPS) is 18.5. The smallest absolute Gasteiger partial charge is 0.281 e. The molecule has 29 heavy (non-hydrogen) atoms. The van der Waals surface area contributed by atoms with E-state index in [1.165, 1.54) is 16.0 Å². The lowest BCUT2D eigenvalue weighted by Crippen LogP contribution is -2.33. The van der Waals surface area contributed by atoms with Gasteiger partial charge in [-0.25, -0.2) is 0 Å². The maximum absolute atomic E-state index is 12.6. The van der Waals surface area contributed by atoms with Crippen LogP contribution in [0.3, 0.4) is 0 Å². The molecule has 0 fully saturated rings. The minimum Gasteiger partial charge on any atom is -0.311 e. The van der Waals surface area contributed by atoms with Gasteiger partial charge in [-0.15, -0.1) is 11.8 Å². The number of aryl methyl sites for hydroxylation is 1. The Balaban J connectivity index is 1.68. The summed E-state index contributed by atoms with van der Waals surface area (Å²) in [7, 11) is 0. The zero-order valence-corrected chi connectivity index (χ0v) is 17.6. The Kier molecular flexibility index (Phi) is 4.94. The average Bonchev–Trinajstić information content (AvgIpc) is 2.76. The van der Waals surface area contributed by atoms with Crippen molar-refractivity contribution in [3.63, 3.8) is 0 Å². The van der Waals surface area contributed by atoms with Gasteiger partial charge in [0.15, 0.2) is 5.16 Å². The SMILES string of the molecule is Cc1ccc(SC2CSc3nc(=O)c4ccccc4n3C2c2ccccc2)cc1. The van der Waals surface area contributed by atoms with Crippen molar-refractivity contribution in [2.45, 2.75) is 28.3 Å². The first-order chi connectivity index (χ1) is 14.2. The van der Waals surface area contributed by atoms with Gasteiger partial charge in [0.25, 0.3) is 5.56 Å². The highest BCUT2D eigenvalue weighted by Gasteiger charge is 2.33. The first-order valence-corrected chi connectivity index (χ1v) is 11.5. The fourth-order valence-electron chi connectivity index (χ4n) is 3.86. The van der Waals surface area contributed by atoms with Gasteiger partial charge in [-0.1, -0.05) is 71.9 Å². The number of para-hydroxylation sites is 1. The van der Waals surface area contributed by atoms with Crippen LogP contribution in [0.25, 0.3) is 10.9 Å². The van der Waals surface area contributed by atoms with E-state index >= 15 is 0 Å². The monoisotopic (exact) mass is 416 g/mol. The van der Waals surface area contributed by atoms with E-state index in [4.69, 9.17) is 0 Å². The van der Waals surface area contributed by atoms with Crippen molar-refractivity contribution in [1.29, 1.82) is 0 Å². The molecule has 0 saturated carbocycles. The van der Waals surface area contributed by atoms with Crippen LogP contribution in [0.5, 0.6) is 0 Å². The Bertz CT molecular complexity index is 1220. The minimum absolute atomic E-state index is 0.108. The largest absolute Gasteiger partial charge is 0.311 e. The molecule has 0 spiro atoms. The van der Waals surface area contributed by atoms with Crippen molar-refractivity contribution in [2.24, 2.45) is 0 Å². The van der Waals surface area contributed by atoms with Crippen molar-refractivity contribution in [3.8, 4) is 0 Å². The fraction of sp³-hybridized carbons (Fsp3) is 0.167. The van der Waals surface area contributed by atoms with Crippen LogP contribution < -0.4 is 5.56 Å². The lowest BCUT2D eigenvalue weighted by Gasteiger charge is -2.35. The standard InChI is InChI=1S/C24H20N2OS2/c1-16-11-13-18(14-12-16)29-21-15-28-24-25-23(27)19-9-5-6-10-20(19)26(24)22(21)17-7-3-2-4-8-17/h2-14,21-22H,15H2,1H3. The molecule has 1 aromatic heterocycles. The number of hydrogen-bond donors (Lipinski definition) is 0. The summed E-state index contributed by atoms with van der Waals surface area (Å²) < 4.78 is 2.27. The van der Waals surface area contributed by atoms with E-state index in [1.54, 1.807) is 11.8 Å². The second-order valence-electron chi connectivity index (χ2n) is 7.22. The van der Waals surface area contributed by atoms with Gasteiger partial charge < -0.3 is 4.57 Å². The first-order valence-electron chi connectivity index (χ1n) is 9.63.